The Hall–Kier alpha value is -0.900. The summed E-state index contributed by atoms with van der Waals surface area (Å²) in [6.45, 7) is 2.90. The molecule has 20 heavy (non-hydrogen) atoms. The second kappa shape index (κ2) is 7.21. The highest BCUT2D eigenvalue weighted by Crippen LogP contribution is 2.40. The van der Waals surface area contributed by atoms with Gasteiger partial charge in [0.2, 0.25) is 0 Å². The second-order valence-electron chi connectivity index (χ2n) is 6.33. The zero-order chi connectivity index (χ0) is 14.5. The molecule has 3 nitrogen and oxygen atoms in total. The van der Waals surface area contributed by atoms with E-state index >= 15 is 0 Å². The fourth-order valence-electron chi connectivity index (χ4n) is 2.77. The molecule has 2 N–H and O–H groups in total. The van der Waals surface area contributed by atoms with Crippen LogP contribution in [0.1, 0.15) is 42.3 Å². The number of hydrogen-bond acceptors (Lipinski definition) is 3. The Morgan fingerprint density at radius 1 is 1.10 bits per heavy atom. The van der Waals surface area contributed by atoms with Gasteiger partial charge in [-0.25, -0.2) is 0 Å². The highest BCUT2D eigenvalue weighted by atomic mass is 15.1. The predicted octanol–water partition coefficient (Wildman–Crippen LogP) is 2.45. The third-order valence-electron chi connectivity index (χ3n) is 4.24. The van der Waals surface area contributed by atoms with Crippen LogP contribution in [-0.2, 0) is 0 Å². The first kappa shape index (κ1) is 15.5. The summed E-state index contributed by atoms with van der Waals surface area (Å²) in [4.78, 5) is 4.62. The Bertz CT molecular complexity index is 395. The number of likely N-dealkylation sites (N-methyl/N-ethyl adjacent to an activating group) is 1. The molecule has 0 radical (unpaired) electrons. The minimum absolute atomic E-state index is 0.338. The number of nitrogens with two attached hydrogens (primary N) is 1. The fourth-order valence-corrected chi connectivity index (χ4v) is 2.77. The SMILES string of the molecule is CN(C)CCCN(C)C(CN)c1ccc(C2CC2)cc1. The molecule has 1 aliphatic rings. The highest BCUT2D eigenvalue weighted by molar-refractivity contribution is 5.29. The van der Waals surface area contributed by atoms with Crippen LogP contribution in [0.3, 0.4) is 0 Å². The molecule has 1 aliphatic carbocycles. The molecule has 0 heterocycles. The van der Waals surface area contributed by atoms with E-state index in [2.05, 4.69) is 55.2 Å². The lowest BCUT2D eigenvalue weighted by atomic mass is 10.0. The standard InChI is InChI=1S/C17H29N3/c1-19(2)11-4-12-20(3)17(13-18)16-9-7-15(8-10-16)14-5-6-14/h7-10,14,17H,4-6,11-13,18H2,1-3H3. The molecule has 1 saturated carbocycles. The average molecular weight is 275 g/mol. The number of hydrogen-bond donors (Lipinski definition) is 1. The van der Waals surface area contributed by atoms with Crippen LogP contribution in [0.25, 0.3) is 0 Å². The number of rotatable bonds is 8. The van der Waals surface area contributed by atoms with Gasteiger partial charge in [-0.2, -0.15) is 0 Å². The van der Waals surface area contributed by atoms with E-state index in [-0.39, 0.29) is 0 Å². The van der Waals surface area contributed by atoms with E-state index in [1.807, 2.05) is 0 Å². The third-order valence-corrected chi connectivity index (χ3v) is 4.24. The molecule has 2 rings (SSSR count). The first-order valence-electron chi connectivity index (χ1n) is 7.76. The molecule has 0 aromatic heterocycles. The van der Waals surface area contributed by atoms with E-state index in [1.165, 1.54) is 30.4 Å². The van der Waals surface area contributed by atoms with Crippen molar-refractivity contribution in [2.24, 2.45) is 5.73 Å². The van der Waals surface area contributed by atoms with Gasteiger partial charge in [0, 0.05) is 12.6 Å². The summed E-state index contributed by atoms with van der Waals surface area (Å²) in [7, 11) is 6.43. The van der Waals surface area contributed by atoms with Gasteiger partial charge in [-0.05, 0) is 70.5 Å². The largest absolute Gasteiger partial charge is 0.329 e. The van der Waals surface area contributed by atoms with Gasteiger partial charge >= 0.3 is 0 Å². The topological polar surface area (TPSA) is 32.5 Å². The molecule has 0 aliphatic heterocycles. The van der Waals surface area contributed by atoms with Crippen molar-refractivity contribution in [3.8, 4) is 0 Å². The Labute approximate surface area is 123 Å². The van der Waals surface area contributed by atoms with Crippen molar-refractivity contribution in [3.63, 3.8) is 0 Å². The number of nitrogens with zero attached hydrogens (tertiary/aromatic N) is 2. The summed E-state index contributed by atoms with van der Waals surface area (Å²) in [6, 6.07) is 9.47. The lowest BCUT2D eigenvalue weighted by Gasteiger charge is -2.28. The van der Waals surface area contributed by atoms with Gasteiger partial charge in [-0.1, -0.05) is 24.3 Å². The predicted molar refractivity (Wildman–Crippen MR) is 86.0 cm³/mol. The summed E-state index contributed by atoms with van der Waals surface area (Å²) in [5, 5.41) is 0. The average Bonchev–Trinajstić information content (AvgIpc) is 3.24. The van der Waals surface area contributed by atoms with Gasteiger partial charge in [-0.15, -0.1) is 0 Å². The molecule has 1 aromatic carbocycles. The fraction of sp³-hybridized carbons (Fsp3) is 0.647. The van der Waals surface area contributed by atoms with Crippen molar-refractivity contribution in [1.29, 1.82) is 0 Å². The van der Waals surface area contributed by atoms with Crippen molar-refractivity contribution >= 4 is 0 Å². The summed E-state index contributed by atoms with van der Waals surface area (Å²) < 4.78 is 0. The van der Waals surface area contributed by atoms with Crippen molar-refractivity contribution in [2.75, 3.05) is 40.8 Å². The molecule has 1 atom stereocenters. The molecule has 112 valence electrons. The van der Waals surface area contributed by atoms with E-state index < -0.39 is 0 Å². The summed E-state index contributed by atoms with van der Waals surface area (Å²) in [5.74, 6) is 0.832. The van der Waals surface area contributed by atoms with Gasteiger partial charge in [-0.3, -0.25) is 4.90 Å². The van der Waals surface area contributed by atoms with Gasteiger partial charge in [0.25, 0.3) is 0 Å². The van der Waals surface area contributed by atoms with Crippen LogP contribution in [0.5, 0.6) is 0 Å². The van der Waals surface area contributed by atoms with Crippen molar-refractivity contribution in [3.05, 3.63) is 35.4 Å². The summed E-state index contributed by atoms with van der Waals surface area (Å²) in [5.41, 5.74) is 8.85. The van der Waals surface area contributed by atoms with Crippen LogP contribution in [0, 0.1) is 0 Å². The molecule has 0 saturated heterocycles. The molecule has 0 amide bonds. The molecular formula is C17H29N3. The molecule has 3 heteroatoms. The molecule has 0 spiro atoms. The third kappa shape index (κ3) is 4.30. The van der Waals surface area contributed by atoms with Crippen LogP contribution in [0.2, 0.25) is 0 Å². The Morgan fingerprint density at radius 3 is 2.25 bits per heavy atom. The van der Waals surface area contributed by atoms with E-state index in [9.17, 15) is 0 Å². The number of benzene rings is 1. The smallest absolute Gasteiger partial charge is 0.0467 e. The Kier molecular flexibility index (Phi) is 5.58. The lowest BCUT2D eigenvalue weighted by molar-refractivity contribution is 0.235. The van der Waals surface area contributed by atoms with Crippen molar-refractivity contribution < 1.29 is 0 Å². The van der Waals surface area contributed by atoms with Gasteiger partial charge in [0.1, 0.15) is 0 Å². The van der Waals surface area contributed by atoms with E-state index in [4.69, 9.17) is 5.73 Å². The van der Waals surface area contributed by atoms with Crippen molar-refractivity contribution in [2.45, 2.75) is 31.2 Å². The normalized spacial score (nSPS) is 16.9. The highest BCUT2D eigenvalue weighted by Gasteiger charge is 2.23. The van der Waals surface area contributed by atoms with Crippen LogP contribution in [0.15, 0.2) is 24.3 Å². The van der Waals surface area contributed by atoms with Gasteiger partial charge in [0.05, 0.1) is 0 Å². The Morgan fingerprint density at radius 2 is 1.75 bits per heavy atom. The zero-order valence-corrected chi connectivity index (χ0v) is 13.2. The molecule has 1 fully saturated rings. The summed E-state index contributed by atoms with van der Waals surface area (Å²) >= 11 is 0. The summed E-state index contributed by atoms with van der Waals surface area (Å²) in [6.07, 6.45) is 3.91. The minimum Gasteiger partial charge on any atom is -0.329 e. The Balaban J connectivity index is 1.91. The molecule has 0 bridgehead atoms. The molecule has 1 aromatic rings. The van der Waals surface area contributed by atoms with E-state index in [1.54, 1.807) is 0 Å². The van der Waals surface area contributed by atoms with E-state index in [0.29, 0.717) is 12.6 Å². The first-order chi connectivity index (χ1) is 9.61. The van der Waals surface area contributed by atoms with Crippen molar-refractivity contribution in [1.82, 2.24) is 9.80 Å². The lowest BCUT2D eigenvalue weighted by Crippen LogP contribution is -2.32. The molecular weight excluding hydrogens is 246 g/mol. The maximum atomic E-state index is 6.00. The molecule has 1 unspecified atom stereocenters. The van der Waals surface area contributed by atoms with E-state index in [0.717, 1.165) is 19.0 Å². The maximum Gasteiger partial charge on any atom is 0.0467 e. The van der Waals surface area contributed by atoms with Crippen LogP contribution in [0.4, 0.5) is 0 Å². The van der Waals surface area contributed by atoms with Gasteiger partial charge in [0.15, 0.2) is 0 Å². The van der Waals surface area contributed by atoms with Gasteiger partial charge < -0.3 is 10.6 Å². The van der Waals surface area contributed by atoms with Crippen LogP contribution >= 0.6 is 0 Å². The van der Waals surface area contributed by atoms with Crippen LogP contribution in [-0.4, -0.2) is 50.6 Å². The zero-order valence-electron chi connectivity index (χ0n) is 13.2. The minimum atomic E-state index is 0.338. The monoisotopic (exact) mass is 275 g/mol. The maximum absolute atomic E-state index is 6.00. The quantitative estimate of drug-likeness (QED) is 0.791. The van der Waals surface area contributed by atoms with Crippen LogP contribution < -0.4 is 5.73 Å². The second-order valence-corrected chi connectivity index (χ2v) is 6.33. The first-order valence-corrected chi connectivity index (χ1v) is 7.76.